The number of hydrogen-bond acceptors (Lipinski definition) is 7. The maximum atomic E-state index is 5.29. The lowest BCUT2D eigenvalue weighted by atomic mass is 10.2. The van der Waals surface area contributed by atoms with Gasteiger partial charge in [0.2, 0.25) is 0 Å². The van der Waals surface area contributed by atoms with E-state index >= 15 is 0 Å². The third kappa shape index (κ3) is 2.87. The monoisotopic (exact) mass is 337 g/mol. The first-order valence-corrected chi connectivity index (χ1v) is 7.56. The number of nitrogens with zero attached hydrogens (tertiary/aromatic N) is 7. The van der Waals surface area contributed by atoms with E-state index in [0.717, 1.165) is 22.3 Å². The zero-order valence-corrected chi connectivity index (χ0v) is 13.7. The quantitative estimate of drug-likeness (QED) is 0.405. The number of fused-ring (bicyclic) bond motifs is 3. The molecule has 0 saturated heterocycles. The Morgan fingerprint density at radius 3 is 2.84 bits per heavy atom. The van der Waals surface area contributed by atoms with Gasteiger partial charge in [-0.15, -0.1) is 5.10 Å². The highest BCUT2D eigenvalue weighted by atomic mass is 16.6. The number of aromatic nitrogens is 6. The van der Waals surface area contributed by atoms with Crippen molar-refractivity contribution < 1.29 is 9.57 Å². The zero-order valence-electron chi connectivity index (χ0n) is 13.7. The first-order valence-electron chi connectivity index (χ1n) is 7.56. The van der Waals surface area contributed by atoms with Crippen LogP contribution in [-0.2, 0) is 18.5 Å². The second kappa shape index (κ2) is 6.19. The summed E-state index contributed by atoms with van der Waals surface area (Å²) in [6.45, 7) is 0.163. The van der Waals surface area contributed by atoms with E-state index in [0.29, 0.717) is 11.5 Å². The van der Waals surface area contributed by atoms with Gasteiger partial charge in [-0.25, -0.2) is 14.5 Å². The van der Waals surface area contributed by atoms with Gasteiger partial charge in [-0.05, 0) is 29.8 Å². The Hall–Kier alpha value is -3.49. The molecule has 0 amide bonds. The van der Waals surface area contributed by atoms with Crippen LogP contribution >= 0.6 is 0 Å². The fraction of sp³-hybridized carbons (Fsp3) is 0.188. The van der Waals surface area contributed by atoms with Crippen molar-refractivity contribution in [2.75, 3.05) is 7.11 Å². The average molecular weight is 337 g/mol. The lowest BCUT2D eigenvalue weighted by Crippen LogP contribution is -1.95. The molecule has 0 unspecified atom stereocenters. The molecule has 9 heteroatoms. The Balaban J connectivity index is 1.47. The van der Waals surface area contributed by atoms with Crippen LogP contribution in [0.25, 0.3) is 16.7 Å². The van der Waals surface area contributed by atoms with Gasteiger partial charge in [0.05, 0.1) is 24.9 Å². The molecule has 0 aliphatic rings. The van der Waals surface area contributed by atoms with Crippen LogP contribution in [0.1, 0.15) is 11.4 Å². The van der Waals surface area contributed by atoms with E-state index in [9.17, 15) is 0 Å². The van der Waals surface area contributed by atoms with Gasteiger partial charge in [-0.2, -0.15) is 5.10 Å². The molecule has 126 valence electrons. The highest BCUT2D eigenvalue weighted by Crippen LogP contribution is 2.15. The van der Waals surface area contributed by atoms with Crippen molar-refractivity contribution in [3.05, 3.63) is 48.2 Å². The second-order valence-electron chi connectivity index (χ2n) is 5.33. The molecular formula is C16H15N7O2. The van der Waals surface area contributed by atoms with Crippen LogP contribution < -0.4 is 4.74 Å². The molecule has 0 bridgehead atoms. The first-order chi connectivity index (χ1) is 12.2. The Labute approximate surface area is 142 Å². The maximum absolute atomic E-state index is 5.29. The summed E-state index contributed by atoms with van der Waals surface area (Å²) < 4.78 is 8.41. The van der Waals surface area contributed by atoms with Gasteiger partial charge in [0.1, 0.15) is 12.1 Å². The molecule has 25 heavy (non-hydrogen) atoms. The van der Waals surface area contributed by atoms with Gasteiger partial charge in [0.15, 0.2) is 23.7 Å². The third-order valence-corrected chi connectivity index (χ3v) is 3.70. The molecule has 0 atom stereocenters. The first kappa shape index (κ1) is 15.1. The van der Waals surface area contributed by atoms with Crippen LogP contribution in [0.15, 0.2) is 41.9 Å². The number of oxime groups is 1. The summed E-state index contributed by atoms with van der Waals surface area (Å²) in [6, 6.07) is 7.49. The van der Waals surface area contributed by atoms with Crippen molar-refractivity contribution in [3.63, 3.8) is 0 Å². The molecule has 0 aliphatic carbocycles. The van der Waals surface area contributed by atoms with E-state index in [2.05, 4.69) is 25.3 Å². The van der Waals surface area contributed by atoms with Crippen molar-refractivity contribution in [1.29, 1.82) is 0 Å². The Morgan fingerprint density at radius 1 is 1.20 bits per heavy atom. The second-order valence-corrected chi connectivity index (χ2v) is 5.33. The highest BCUT2D eigenvalue weighted by Gasteiger charge is 2.11. The van der Waals surface area contributed by atoms with Crippen LogP contribution in [-0.4, -0.2) is 42.7 Å². The van der Waals surface area contributed by atoms with E-state index in [1.165, 1.54) is 0 Å². The molecule has 0 saturated carbocycles. The van der Waals surface area contributed by atoms with E-state index in [1.807, 2.05) is 31.3 Å². The summed E-state index contributed by atoms with van der Waals surface area (Å²) in [4.78, 5) is 14.1. The van der Waals surface area contributed by atoms with E-state index in [-0.39, 0.29) is 6.61 Å². The summed E-state index contributed by atoms with van der Waals surface area (Å²) >= 11 is 0. The Kier molecular flexibility index (Phi) is 3.73. The predicted octanol–water partition coefficient (Wildman–Crippen LogP) is 1.57. The van der Waals surface area contributed by atoms with Crippen LogP contribution in [0.2, 0.25) is 0 Å². The average Bonchev–Trinajstić information content (AvgIpc) is 3.22. The molecule has 3 heterocycles. The summed E-state index contributed by atoms with van der Waals surface area (Å²) in [6.07, 6.45) is 4.95. The number of ether oxygens (including phenoxy) is 1. The predicted molar refractivity (Wildman–Crippen MR) is 90.4 cm³/mol. The number of methoxy groups -OCH3 is 1. The molecule has 0 N–H and O–H groups in total. The normalized spacial score (nSPS) is 11.6. The summed E-state index contributed by atoms with van der Waals surface area (Å²) in [5.41, 5.74) is 2.35. The molecule has 9 nitrogen and oxygen atoms in total. The van der Waals surface area contributed by atoms with Gasteiger partial charge in [-0.1, -0.05) is 5.16 Å². The smallest absolute Gasteiger partial charge is 0.192 e. The number of rotatable bonds is 5. The van der Waals surface area contributed by atoms with Gasteiger partial charge in [-0.3, -0.25) is 4.68 Å². The van der Waals surface area contributed by atoms with Crippen molar-refractivity contribution in [2.24, 2.45) is 12.2 Å². The number of aryl methyl sites for hydroxylation is 1. The minimum absolute atomic E-state index is 0.163. The standard InChI is InChI=1S/C16H15N7O2/c1-22-15-13(8-18-22)16-20-14(21-23(16)10-17-15)9-25-19-7-11-3-5-12(24-2)6-4-11/h3-8,10H,9H2,1-2H3/b19-7-. The van der Waals surface area contributed by atoms with Crippen molar-refractivity contribution >= 4 is 22.9 Å². The van der Waals surface area contributed by atoms with E-state index < -0.39 is 0 Å². The Bertz CT molecular complexity index is 1050. The summed E-state index contributed by atoms with van der Waals surface area (Å²) in [5.74, 6) is 1.31. The van der Waals surface area contributed by atoms with Gasteiger partial charge in [0.25, 0.3) is 0 Å². The topological polar surface area (TPSA) is 91.7 Å². The molecule has 0 radical (unpaired) electrons. The minimum atomic E-state index is 0.163. The van der Waals surface area contributed by atoms with Crippen LogP contribution in [0.4, 0.5) is 0 Å². The molecule has 4 aromatic rings. The van der Waals surface area contributed by atoms with Crippen molar-refractivity contribution in [1.82, 2.24) is 29.4 Å². The molecule has 0 aliphatic heterocycles. The lowest BCUT2D eigenvalue weighted by Gasteiger charge is -1.98. The van der Waals surface area contributed by atoms with E-state index in [4.69, 9.17) is 9.57 Å². The van der Waals surface area contributed by atoms with Crippen molar-refractivity contribution in [3.8, 4) is 5.75 Å². The van der Waals surface area contributed by atoms with Gasteiger partial charge >= 0.3 is 0 Å². The highest BCUT2D eigenvalue weighted by molar-refractivity contribution is 5.88. The third-order valence-electron chi connectivity index (χ3n) is 3.70. The fourth-order valence-corrected chi connectivity index (χ4v) is 2.43. The molecular weight excluding hydrogens is 322 g/mol. The van der Waals surface area contributed by atoms with Crippen LogP contribution in [0, 0.1) is 0 Å². The largest absolute Gasteiger partial charge is 0.497 e. The molecule has 3 aromatic heterocycles. The number of benzene rings is 1. The van der Waals surface area contributed by atoms with Crippen molar-refractivity contribution in [2.45, 2.75) is 6.61 Å². The summed E-state index contributed by atoms with van der Waals surface area (Å²) in [5, 5.41) is 13.3. The fourth-order valence-electron chi connectivity index (χ4n) is 2.43. The summed E-state index contributed by atoms with van der Waals surface area (Å²) in [7, 11) is 3.46. The molecule has 0 fully saturated rings. The minimum Gasteiger partial charge on any atom is -0.497 e. The molecule has 4 rings (SSSR count). The van der Waals surface area contributed by atoms with Crippen LogP contribution in [0.5, 0.6) is 5.75 Å². The lowest BCUT2D eigenvalue weighted by molar-refractivity contribution is 0.126. The Morgan fingerprint density at radius 2 is 2.04 bits per heavy atom. The van der Waals surface area contributed by atoms with Crippen LogP contribution in [0.3, 0.4) is 0 Å². The van der Waals surface area contributed by atoms with Gasteiger partial charge < -0.3 is 9.57 Å². The maximum Gasteiger partial charge on any atom is 0.192 e. The molecule has 0 spiro atoms. The van der Waals surface area contributed by atoms with E-state index in [1.54, 1.807) is 35.0 Å². The SMILES string of the molecule is COc1ccc(/C=N\OCc2nc3c4cnn(C)c4ncn3n2)cc1. The molecule has 1 aromatic carbocycles. The zero-order chi connectivity index (χ0) is 17.2. The van der Waals surface area contributed by atoms with Gasteiger partial charge in [0, 0.05) is 7.05 Å². The number of hydrogen-bond donors (Lipinski definition) is 0.